The molecule has 0 saturated carbocycles. The fraction of sp³-hybridized carbons (Fsp3) is 1.00. The van der Waals surface area contributed by atoms with E-state index in [0.29, 0.717) is 0 Å². The van der Waals surface area contributed by atoms with Crippen LogP contribution in [-0.4, -0.2) is 96.8 Å². The van der Waals surface area contributed by atoms with Gasteiger partial charge in [-0.3, -0.25) is 0 Å². The van der Waals surface area contributed by atoms with Crippen molar-refractivity contribution >= 4 is 96.8 Å². The van der Waals surface area contributed by atoms with Crippen molar-refractivity contribution in [1.29, 1.82) is 0 Å². The van der Waals surface area contributed by atoms with Gasteiger partial charge in [0.05, 0.1) is 0 Å². The Morgan fingerprint density at radius 3 is 0.534 bits per heavy atom. The van der Waals surface area contributed by atoms with E-state index in [1.54, 1.807) is 0 Å². The summed E-state index contributed by atoms with van der Waals surface area (Å²) in [6, 6.07) is 20.1. The predicted octanol–water partition coefficient (Wildman–Crippen LogP) is 20.3. The van der Waals surface area contributed by atoms with E-state index in [2.05, 4.69) is 183 Å². The van der Waals surface area contributed by atoms with Crippen molar-refractivity contribution in [3.05, 3.63) is 0 Å². The summed E-state index contributed by atoms with van der Waals surface area (Å²) in [5.41, 5.74) is 0. The van der Waals surface area contributed by atoms with Crippen molar-refractivity contribution < 1.29 is 39.1 Å². The first-order chi connectivity index (χ1) is 33.9. The van der Waals surface area contributed by atoms with E-state index in [-0.39, 0.29) is 0 Å². The molecule has 73 heavy (non-hydrogen) atoms. The van der Waals surface area contributed by atoms with Gasteiger partial charge in [-0.05, 0) is 168 Å². The van der Waals surface area contributed by atoms with E-state index >= 15 is 0 Å². The normalized spacial score (nSPS) is 13.4. The summed E-state index contributed by atoms with van der Waals surface area (Å²) < 4.78 is 59.7. The minimum absolute atomic E-state index is 0.405. The second-order valence-corrected chi connectivity index (χ2v) is 64.7. The molecule has 0 spiro atoms. The Morgan fingerprint density at radius 1 is 0.205 bits per heavy atom. The summed E-state index contributed by atoms with van der Waals surface area (Å²) >= 11 is 0. The number of hydrogen-bond acceptors (Lipinski definition) is 9. The van der Waals surface area contributed by atoms with Gasteiger partial charge in [0.2, 0.25) is 0 Å². The van der Waals surface area contributed by atoms with Gasteiger partial charge in [-0.1, -0.05) is 169 Å². The third-order valence-corrected chi connectivity index (χ3v) is 45.2. The topological polar surface area (TPSA) is 83.1 Å². The van der Waals surface area contributed by atoms with Crippen molar-refractivity contribution in [2.45, 2.75) is 337 Å². The van der Waals surface area contributed by atoms with Crippen LogP contribution in [0.15, 0.2) is 0 Å². The molecule has 0 aliphatic heterocycles. The third kappa shape index (κ3) is 34.0. The Morgan fingerprint density at radius 2 is 0.370 bits per heavy atom. The average molecular weight is 1190 g/mol. The molecule has 0 bridgehead atoms. The second kappa shape index (κ2) is 40.1. The SMILES string of the molecule is CCC[Si](C)(CCC)OB(O[Si](CCC)(CCC)CCC)O[Si](CCC)(CCC)CCC.CC[Si](CC)(CC)OB(O[Si](CC)(CC)CC)O[Si](CC)(CC)CC.C[Si](C)(C)OB(O[Si](C)(C)C)O[Si](C)(C)C. The molecule has 0 aliphatic carbocycles. The zero-order valence-corrected chi connectivity index (χ0v) is 63.6. The highest BCUT2D eigenvalue weighted by molar-refractivity contribution is 6.88. The zero-order valence-electron chi connectivity index (χ0n) is 54.6. The summed E-state index contributed by atoms with van der Waals surface area (Å²) in [5, 5.41) is 0. The van der Waals surface area contributed by atoms with Crippen LogP contribution in [0.3, 0.4) is 0 Å². The molecule has 0 heterocycles. The zero-order chi connectivity index (χ0) is 57.3. The molecule has 0 radical (unpaired) electrons. The van der Waals surface area contributed by atoms with Crippen LogP contribution in [0.25, 0.3) is 0 Å². The minimum Gasteiger partial charge on any atom is -0.430 e. The number of rotatable bonds is 43. The van der Waals surface area contributed by atoms with E-state index in [0.717, 1.165) is 54.4 Å². The molecule has 21 heteroatoms. The molecule has 0 aliphatic rings. The van der Waals surface area contributed by atoms with Crippen LogP contribution in [0, 0.1) is 0 Å². The molecule has 0 saturated heterocycles. The van der Waals surface area contributed by atoms with Crippen LogP contribution in [-0.2, 0) is 39.1 Å². The lowest BCUT2D eigenvalue weighted by atomic mass is 10.3. The Labute approximate surface area is 470 Å². The minimum atomic E-state index is -1.88. The molecule has 9 nitrogen and oxygen atoms in total. The Kier molecular flexibility index (Phi) is 43.4. The molecule has 0 aromatic heterocycles. The lowest BCUT2D eigenvalue weighted by Gasteiger charge is -2.41. The van der Waals surface area contributed by atoms with Crippen molar-refractivity contribution in [2.75, 3.05) is 0 Å². The Balaban J connectivity index is -0.00000106. The summed E-state index contributed by atoms with van der Waals surface area (Å²) in [4.78, 5) is 0. The molecular weight excluding hydrogens is 1050 g/mol. The van der Waals surface area contributed by atoms with Gasteiger partial charge < -0.3 is 39.1 Å². The van der Waals surface area contributed by atoms with Gasteiger partial charge in [0.25, 0.3) is 0 Å². The smallest absolute Gasteiger partial charge is 0.430 e. The summed E-state index contributed by atoms with van der Waals surface area (Å²) in [5.74, 6) is 0. The molecule has 0 aromatic rings. The van der Waals surface area contributed by atoms with Gasteiger partial charge in [-0.15, -0.1) is 0 Å². The van der Waals surface area contributed by atoms with Crippen LogP contribution < -0.4 is 0 Å². The molecule has 0 atom stereocenters. The van der Waals surface area contributed by atoms with Crippen molar-refractivity contribution in [2.24, 2.45) is 0 Å². The quantitative estimate of drug-likeness (QED) is 0.0555. The highest BCUT2D eigenvalue weighted by Crippen LogP contribution is 2.36. The summed E-state index contributed by atoms with van der Waals surface area (Å²) in [7, 11) is -17.0. The molecule has 0 rings (SSSR count). The standard InChI is InChI=1S/C25H59BO3Si3.C18H45BO3Si3.C9H27BO3Si3/c1-10-18-30(9,19-11-2)27-26(28-31(20-12-3,21-13-4)22-14-5)29-32(23-15-6,24-16-7)25-17-8;1-10-23(11-2,12-3)20-19(21-24(13-4,14-5)15-6)22-25(16-7,17-8)18-9;1-14(2,3)11-10(12-15(4,5)6)13-16(7,8)9/h10-25H2,1-9H3;10-18H2,1-9H3;1-9H3. The van der Waals surface area contributed by atoms with Gasteiger partial charge in [0, 0.05) is 0 Å². The van der Waals surface area contributed by atoms with E-state index in [1.807, 2.05) is 0 Å². The van der Waals surface area contributed by atoms with Crippen molar-refractivity contribution in [3.63, 3.8) is 0 Å². The first-order valence-corrected chi connectivity index (χ1v) is 56.7. The van der Waals surface area contributed by atoms with Crippen molar-refractivity contribution in [1.82, 2.24) is 0 Å². The van der Waals surface area contributed by atoms with Gasteiger partial charge in [0.15, 0.2) is 74.9 Å². The summed E-state index contributed by atoms with van der Waals surface area (Å²) in [6.45, 7) is 60.9. The van der Waals surface area contributed by atoms with E-state index in [4.69, 9.17) is 39.1 Å². The van der Waals surface area contributed by atoms with Crippen molar-refractivity contribution in [3.8, 4) is 0 Å². The molecular formula is C52H131B3O9Si9. The highest BCUT2D eigenvalue weighted by Gasteiger charge is 2.48. The fourth-order valence-electron chi connectivity index (χ4n) is 10.5. The molecule has 0 N–H and O–H groups in total. The van der Waals surface area contributed by atoms with Crippen LogP contribution >= 0.6 is 0 Å². The molecule has 0 fully saturated rings. The van der Waals surface area contributed by atoms with Crippen LogP contribution in [0.4, 0.5) is 0 Å². The first-order valence-electron chi connectivity index (χ1n) is 31.0. The van der Waals surface area contributed by atoms with Crippen LogP contribution in [0.2, 0.25) is 168 Å². The maximum Gasteiger partial charge on any atom is 0.606 e. The van der Waals surface area contributed by atoms with Crippen LogP contribution in [0.5, 0.6) is 0 Å². The lowest BCUT2D eigenvalue weighted by Crippen LogP contribution is -2.55. The van der Waals surface area contributed by atoms with Gasteiger partial charge in [-0.2, -0.15) is 0 Å². The Bertz CT molecular complexity index is 1140. The monoisotopic (exact) mass is 1180 g/mol. The maximum atomic E-state index is 7.21. The van der Waals surface area contributed by atoms with Gasteiger partial charge in [-0.25, -0.2) is 0 Å². The van der Waals surface area contributed by atoms with Gasteiger partial charge >= 0.3 is 22.0 Å². The van der Waals surface area contributed by atoms with E-state index in [1.165, 1.54) is 99.7 Å². The predicted molar refractivity (Wildman–Crippen MR) is 353 cm³/mol. The third-order valence-electron chi connectivity index (χ3n) is 15.1. The molecule has 0 unspecified atom stereocenters. The fourth-order valence-corrected chi connectivity index (χ4v) is 32.7. The van der Waals surface area contributed by atoms with Gasteiger partial charge in [0.1, 0.15) is 0 Å². The van der Waals surface area contributed by atoms with E-state index in [9.17, 15) is 0 Å². The Hall–Kier alpha value is 1.79. The molecule has 438 valence electrons. The first kappa shape index (κ1) is 79.0. The maximum absolute atomic E-state index is 7.21. The lowest BCUT2D eigenvalue weighted by molar-refractivity contribution is 0.281. The number of hydrogen-bond donors (Lipinski definition) is 0. The van der Waals surface area contributed by atoms with E-state index < -0.39 is 96.8 Å². The second-order valence-electron chi connectivity index (χ2n) is 24.8. The average Bonchev–Trinajstić information content (AvgIpc) is 3.28. The molecule has 0 aromatic carbocycles. The largest absolute Gasteiger partial charge is 0.606 e. The van der Waals surface area contributed by atoms with Crippen LogP contribution in [0.1, 0.15) is 169 Å². The highest BCUT2D eigenvalue weighted by atomic mass is 28.4. The molecule has 0 amide bonds. The summed E-state index contributed by atoms with van der Waals surface area (Å²) in [6.07, 6.45) is 9.63.